The molecule has 3 aromatic rings. The second-order valence-corrected chi connectivity index (χ2v) is 5.13. The van der Waals surface area contributed by atoms with Crippen molar-refractivity contribution >= 4 is 28.3 Å². The molecule has 0 saturated heterocycles. The van der Waals surface area contributed by atoms with Crippen LogP contribution in [-0.4, -0.2) is 17.9 Å². The number of anilines is 2. The Morgan fingerprint density at radius 2 is 1.87 bits per heavy atom. The van der Waals surface area contributed by atoms with Crippen molar-refractivity contribution in [3.8, 4) is 11.1 Å². The van der Waals surface area contributed by atoms with Gasteiger partial charge in [-0.1, -0.05) is 30.8 Å². The van der Waals surface area contributed by atoms with E-state index in [0.717, 1.165) is 33.5 Å². The molecule has 0 unspecified atom stereocenters. The number of hydrogen-bond acceptors (Lipinski definition) is 3. The van der Waals surface area contributed by atoms with E-state index >= 15 is 0 Å². The average molecular weight is 303 g/mol. The van der Waals surface area contributed by atoms with Gasteiger partial charge in [0, 0.05) is 18.1 Å². The fraction of sp³-hybridized carbons (Fsp3) is 0.0526. The zero-order valence-corrected chi connectivity index (χ0v) is 12.8. The third-order valence-electron chi connectivity index (χ3n) is 3.60. The summed E-state index contributed by atoms with van der Waals surface area (Å²) in [5, 5.41) is 6.91. The van der Waals surface area contributed by atoms with Gasteiger partial charge in [-0.3, -0.25) is 4.79 Å². The highest BCUT2D eigenvalue weighted by molar-refractivity contribution is 5.99. The summed E-state index contributed by atoms with van der Waals surface area (Å²) in [6.45, 7) is 3.46. The van der Waals surface area contributed by atoms with Gasteiger partial charge in [0.05, 0.1) is 5.52 Å². The number of benzene rings is 2. The number of carbonyl (C=O) groups is 1. The number of amides is 1. The number of rotatable bonds is 4. The first-order chi connectivity index (χ1) is 11.2. The van der Waals surface area contributed by atoms with E-state index in [1.165, 1.54) is 6.08 Å². The Labute approximate surface area is 134 Å². The maximum Gasteiger partial charge on any atom is 0.247 e. The highest BCUT2D eigenvalue weighted by Crippen LogP contribution is 2.26. The maximum absolute atomic E-state index is 11.4. The van der Waals surface area contributed by atoms with Crippen molar-refractivity contribution in [3.05, 3.63) is 67.3 Å². The second-order valence-electron chi connectivity index (χ2n) is 5.13. The van der Waals surface area contributed by atoms with Crippen LogP contribution in [0.15, 0.2) is 67.3 Å². The molecular formula is C19H17N3O. The van der Waals surface area contributed by atoms with Crippen LogP contribution in [0.4, 0.5) is 11.5 Å². The lowest BCUT2D eigenvalue weighted by molar-refractivity contribution is -0.111. The van der Waals surface area contributed by atoms with E-state index in [-0.39, 0.29) is 5.91 Å². The number of nitrogens with one attached hydrogen (secondary N) is 2. The van der Waals surface area contributed by atoms with Crippen molar-refractivity contribution < 1.29 is 4.79 Å². The van der Waals surface area contributed by atoms with E-state index in [9.17, 15) is 4.79 Å². The lowest BCUT2D eigenvalue weighted by Crippen LogP contribution is -2.06. The molecule has 0 radical (unpaired) electrons. The largest absolute Gasteiger partial charge is 0.373 e. The summed E-state index contributed by atoms with van der Waals surface area (Å²) < 4.78 is 0. The smallest absolute Gasteiger partial charge is 0.247 e. The molecule has 0 bridgehead atoms. The Morgan fingerprint density at radius 1 is 1.09 bits per heavy atom. The predicted octanol–water partition coefficient (Wildman–Crippen LogP) is 4.07. The van der Waals surface area contributed by atoms with Crippen LogP contribution in [-0.2, 0) is 4.79 Å². The summed E-state index contributed by atoms with van der Waals surface area (Å²) >= 11 is 0. The fourth-order valence-electron chi connectivity index (χ4n) is 2.41. The molecule has 2 N–H and O–H groups in total. The molecule has 0 fully saturated rings. The van der Waals surface area contributed by atoms with Crippen molar-refractivity contribution in [1.29, 1.82) is 0 Å². The van der Waals surface area contributed by atoms with Crippen molar-refractivity contribution in [2.75, 3.05) is 17.7 Å². The third-order valence-corrected chi connectivity index (χ3v) is 3.60. The van der Waals surface area contributed by atoms with Crippen LogP contribution in [0.3, 0.4) is 0 Å². The van der Waals surface area contributed by atoms with Crippen LogP contribution in [0.2, 0.25) is 0 Å². The van der Waals surface area contributed by atoms with Crippen molar-refractivity contribution in [3.63, 3.8) is 0 Å². The van der Waals surface area contributed by atoms with E-state index < -0.39 is 0 Å². The minimum absolute atomic E-state index is 0.221. The minimum Gasteiger partial charge on any atom is -0.373 e. The average Bonchev–Trinajstić information content (AvgIpc) is 2.60. The summed E-state index contributed by atoms with van der Waals surface area (Å²) in [5.74, 6) is 0.614. The monoisotopic (exact) mass is 303 g/mol. The van der Waals surface area contributed by atoms with Gasteiger partial charge in [0.25, 0.3) is 0 Å². The van der Waals surface area contributed by atoms with Gasteiger partial charge in [0.15, 0.2) is 0 Å². The Hall–Kier alpha value is -3.14. The maximum atomic E-state index is 11.4. The molecule has 0 aliphatic carbocycles. The highest BCUT2D eigenvalue weighted by atomic mass is 16.1. The predicted molar refractivity (Wildman–Crippen MR) is 95.6 cm³/mol. The second kappa shape index (κ2) is 6.32. The molecule has 0 atom stereocenters. The van der Waals surface area contributed by atoms with Gasteiger partial charge >= 0.3 is 0 Å². The molecule has 4 heteroatoms. The number of pyridine rings is 1. The number of hydrogen-bond donors (Lipinski definition) is 2. The highest BCUT2D eigenvalue weighted by Gasteiger charge is 2.04. The number of carbonyl (C=O) groups excluding carboxylic acids is 1. The molecule has 4 nitrogen and oxygen atoms in total. The quantitative estimate of drug-likeness (QED) is 0.714. The fourth-order valence-corrected chi connectivity index (χ4v) is 2.41. The Morgan fingerprint density at radius 3 is 2.65 bits per heavy atom. The third kappa shape index (κ3) is 3.21. The molecule has 0 aliphatic rings. The number of aromatic nitrogens is 1. The van der Waals surface area contributed by atoms with Gasteiger partial charge in [-0.25, -0.2) is 4.98 Å². The first-order valence-electron chi connectivity index (χ1n) is 7.32. The van der Waals surface area contributed by atoms with Gasteiger partial charge in [-0.2, -0.15) is 0 Å². The summed E-state index contributed by atoms with van der Waals surface area (Å²) in [4.78, 5) is 16.0. The number of fused-ring (bicyclic) bond motifs is 1. The molecule has 1 heterocycles. The van der Waals surface area contributed by atoms with Crippen molar-refractivity contribution in [2.45, 2.75) is 0 Å². The van der Waals surface area contributed by atoms with Crippen LogP contribution < -0.4 is 10.6 Å². The lowest BCUT2D eigenvalue weighted by Gasteiger charge is -2.08. The first-order valence-corrected chi connectivity index (χ1v) is 7.32. The molecule has 2 aromatic carbocycles. The first kappa shape index (κ1) is 14.8. The molecule has 1 amide bonds. The van der Waals surface area contributed by atoms with Crippen LogP contribution >= 0.6 is 0 Å². The van der Waals surface area contributed by atoms with E-state index in [1.807, 2.05) is 55.6 Å². The Bertz CT molecular complexity index is 887. The zero-order chi connectivity index (χ0) is 16.2. The van der Waals surface area contributed by atoms with Crippen LogP contribution in [0.25, 0.3) is 22.0 Å². The van der Waals surface area contributed by atoms with Gasteiger partial charge in [0.1, 0.15) is 5.82 Å². The number of nitrogens with zero attached hydrogens (tertiary/aromatic N) is 1. The molecule has 0 aliphatic heterocycles. The lowest BCUT2D eigenvalue weighted by atomic mass is 10.0. The van der Waals surface area contributed by atoms with Crippen LogP contribution in [0.5, 0.6) is 0 Å². The molecular weight excluding hydrogens is 286 g/mol. The van der Waals surface area contributed by atoms with Crippen molar-refractivity contribution in [1.82, 2.24) is 4.98 Å². The molecule has 23 heavy (non-hydrogen) atoms. The summed E-state index contributed by atoms with van der Waals surface area (Å²) in [5.41, 5.74) is 3.73. The SMILES string of the molecule is C=CC(=O)Nc1cccc(-c2ccc3ccc(NC)nc3c2)c1. The molecule has 3 rings (SSSR count). The normalized spacial score (nSPS) is 10.3. The van der Waals surface area contributed by atoms with Crippen molar-refractivity contribution in [2.24, 2.45) is 0 Å². The van der Waals surface area contributed by atoms with Gasteiger partial charge < -0.3 is 10.6 Å². The minimum atomic E-state index is -0.221. The summed E-state index contributed by atoms with van der Waals surface area (Å²) in [6.07, 6.45) is 1.26. The Balaban J connectivity index is 2.00. The van der Waals surface area contributed by atoms with Gasteiger partial charge in [-0.05, 0) is 47.5 Å². The van der Waals surface area contributed by atoms with E-state index in [0.29, 0.717) is 0 Å². The van der Waals surface area contributed by atoms with Gasteiger partial charge in [-0.15, -0.1) is 0 Å². The molecule has 114 valence electrons. The summed E-state index contributed by atoms with van der Waals surface area (Å²) in [6, 6.07) is 17.8. The Kier molecular flexibility index (Phi) is 4.06. The standard InChI is InChI=1S/C19H17N3O/c1-3-19(23)21-16-6-4-5-14(11-16)15-8-7-13-9-10-18(20-2)22-17(13)12-15/h3-12H,1H2,2H3,(H,20,22)(H,21,23). The van der Waals surface area contributed by atoms with E-state index in [1.54, 1.807) is 0 Å². The van der Waals surface area contributed by atoms with Crippen LogP contribution in [0, 0.1) is 0 Å². The molecule has 0 saturated carbocycles. The zero-order valence-electron chi connectivity index (χ0n) is 12.8. The van der Waals surface area contributed by atoms with Gasteiger partial charge in [0.2, 0.25) is 5.91 Å². The van der Waals surface area contributed by atoms with E-state index in [4.69, 9.17) is 0 Å². The summed E-state index contributed by atoms with van der Waals surface area (Å²) in [7, 11) is 1.85. The van der Waals surface area contributed by atoms with E-state index in [2.05, 4.69) is 28.3 Å². The van der Waals surface area contributed by atoms with Crippen LogP contribution in [0.1, 0.15) is 0 Å². The topological polar surface area (TPSA) is 54.0 Å². The molecule has 0 spiro atoms. The molecule has 1 aromatic heterocycles.